The molecule has 1 atom stereocenters. The Hall–Kier alpha value is -3.41. The summed E-state index contributed by atoms with van der Waals surface area (Å²) in [5, 5.41) is 0. The summed E-state index contributed by atoms with van der Waals surface area (Å²) >= 11 is 0. The zero-order valence-corrected chi connectivity index (χ0v) is 45.3. The summed E-state index contributed by atoms with van der Waals surface area (Å²) < 4.78 is 16.8. The SMILES string of the molecule is CC/C=C\C/C=C\C/C=C\C/C=C\C/C=C\CCCCCCCCCCCCCC(=O)OCC(COC(=O)CCCCCCC/C=C\CCCC)OC(=O)CCCCCCC/C=C\CCCCCC. The van der Waals surface area contributed by atoms with Gasteiger partial charge in [-0.2, -0.15) is 0 Å². The van der Waals surface area contributed by atoms with Gasteiger partial charge in [0.05, 0.1) is 0 Å². The third kappa shape index (κ3) is 55.4. The second-order valence-corrected chi connectivity index (χ2v) is 19.2. The minimum Gasteiger partial charge on any atom is -0.462 e. The quantitative estimate of drug-likeness (QED) is 0.0262. The van der Waals surface area contributed by atoms with E-state index in [-0.39, 0.29) is 31.1 Å². The monoisotopic (exact) mass is 961 g/mol. The highest BCUT2D eigenvalue weighted by molar-refractivity contribution is 5.71. The molecule has 0 radical (unpaired) electrons. The summed E-state index contributed by atoms with van der Waals surface area (Å²) in [6, 6.07) is 0. The van der Waals surface area contributed by atoms with E-state index in [0.717, 1.165) is 109 Å². The predicted octanol–water partition coefficient (Wildman–Crippen LogP) is 19.5. The number of ether oxygens (including phenoxy) is 3. The van der Waals surface area contributed by atoms with Gasteiger partial charge in [0, 0.05) is 19.3 Å². The Labute approximate surface area is 426 Å². The Balaban J connectivity index is 4.23. The molecular formula is C63H108O6. The molecule has 1 unspecified atom stereocenters. The lowest BCUT2D eigenvalue weighted by Crippen LogP contribution is -2.30. The molecule has 0 aliphatic heterocycles. The molecule has 396 valence electrons. The third-order valence-corrected chi connectivity index (χ3v) is 12.4. The van der Waals surface area contributed by atoms with E-state index < -0.39 is 6.10 Å². The molecule has 0 heterocycles. The smallest absolute Gasteiger partial charge is 0.306 e. The zero-order chi connectivity index (χ0) is 50.0. The molecule has 0 rings (SSSR count). The van der Waals surface area contributed by atoms with Gasteiger partial charge in [-0.3, -0.25) is 14.4 Å². The maximum absolute atomic E-state index is 12.8. The summed E-state index contributed by atoms with van der Waals surface area (Å²) in [7, 11) is 0. The van der Waals surface area contributed by atoms with E-state index in [4.69, 9.17) is 14.2 Å². The number of hydrogen-bond donors (Lipinski definition) is 0. The van der Waals surface area contributed by atoms with Crippen LogP contribution in [0.2, 0.25) is 0 Å². The Morgan fingerprint density at radius 2 is 0.580 bits per heavy atom. The van der Waals surface area contributed by atoms with Crippen molar-refractivity contribution in [2.45, 2.75) is 284 Å². The van der Waals surface area contributed by atoms with Crippen LogP contribution in [0.4, 0.5) is 0 Å². The lowest BCUT2D eigenvalue weighted by molar-refractivity contribution is -0.167. The molecule has 6 nitrogen and oxygen atoms in total. The van der Waals surface area contributed by atoms with Crippen molar-refractivity contribution in [1.82, 2.24) is 0 Å². The minimum absolute atomic E-state index is 0.0831. The fraction of sp³-hybridized carbons (Fsp3) is 0.730. The number of unbranched alkanes of at least 4 members (excludes halogenated alkanes) is 27. The van der Waals surface area contributed by atoms with Crippen LogP contribution in [0, 0.1) is 0 Å². The first-order valence-electron chi connectivity index (χ1n) is 29.1. The molecule has 0 spiro atoms. The summed E-state index contributed by atoms with van der Waals surface area (Å²) in [5.74, 6) is -0.900. The van der Waals surface area contributed by atoms with Gasteiger partial charge in [-0.05, 0) is 109 Å². The van der Waals surface area contributed by atoms with Gasteiger partial charge in [-0.25, -0.2) is 0 Å². The van der Waals surface area contributed by atoms with Crippen molar-refractivity contribution >= 4 is 17.9 Å². The van der Waals surface area contributed by atoms with Crippen LogP contribution in [0.15, 0.2) is 85.1 Å². The highest BCUT2D eigenvalue weighted by Gasteiger charge is 2.19. The Morgan fingerprint density at radius 1 is 0.304 bits per heavy atom. The van der Waals surface area contributed by atoms with Crippen LogP contribution in [-0.4, -0.2) is 37.2 Å². The molecule has 0 aliphatic carbocycles. The fourth-order valence-electron chi connectivity index (χ4n) is 7.97. The summed E-state index contributed by atoms with van der Waals surface area (Å²) in [5.41, 5.74) is 0. The predicted molar refractivity (Wildman–Crippen MR) is 297 cm³/mol. The van der Waals surface area contributed by atoms with Crippen molar-refractivity contribution in [1.29, 1.82) is 0 Å². The number of carbonyl (C=O) groups is 3. The molecule has 0 bridgehead atoms. The van der Waals surface area contributed by atoms with E-state index in [1.54, 1.807) is 0 Å². The molecule has 0 saturated heterocycles. The van der Waals surface area contributed by atoms with Crippen molar-refractivity contribution in [2.75, 3.05) is 13.2 Å². The van der Waals surface area contributed by atoms with Crippen LogP contribution in [0.25, 0.3) is 0 Å². The molecule has 0 saturated carbocycles. The highest BCUT2D eigenvalue weighted by atomic mass is 16.6. The summed E-state index contributed by atoms with van der Waals surface area (Å²) in [4.78, 5) is 38.1. The van der Waals surface area contributed by atoms with Gasteiger partial charge in [-0.1, -0.05) is 234 Å². The van der Waals surface area contributed by atoms with Crippen molar-refractivity contribution in [3.05, 3.63) is 85.1 Å². The Kier molecular flexibility index (Phi) is 54.3. The van der Waals surface area contributed by atoms with E-state index in [2.05, 4.69) is 106 Å². The molecule has 0 fully saturated rings. The van der Waals surface area contributed by atoms with E-state index in [9.17, 15) is 14.4 Å². The average molecular weight is 962 g/mol. The minimum atomic E-state index is -0.784. The van der Waals surface area contributed by atoms with E-state index in [1.165, 1.54) is 128 Å². The van der Waals surface area contributed by atoms with Gasteiger partial charge in [0.15, 0.2) is 6.10 Å². The van der Waals surface area contributed by atoms with Crippen molar-refractivity contribution in [3.63, 3.8) is 0 Å². The largest absolute Gasteiger partial charge is 0.462 e. The van der Waals surface area contributed by atoms with Crippen LogP contribution in [-0.2, 0) is 28.6 Å². The molecular weight excluding hydrogens is 853 g/mol. The summed E-state index contributed by atoms with van der Waals surface area (Å²) in [6.45, 7) is 6.46. The van der Waals surface area contributed by atoms with Gasteiger partial charge in [0.2, 0.25) is 0 Å². The highest BCUT2D eigenvalue weighted by Crippen LogP contribution is 2.15. The molecule has 0 N–H and O–H groups in total. The molecule has 69 heavy (non-hydrogen) atoms. The van der Waals surface area contributed by atoms with Crippen LogP contribution >= 0.6 is 0 Å². The van der Waals surface area contributed by atoms with Gasteiger partial charge in [0.25, 0.3) is 0 Å². The molecule has 0 amide bonds. The molecule has 0 aromatic heterocycles. The first kappa shape index (κ1) is 65.6. The Morgan fingerprint density at radius 3 is 0.942 bits per heavy atom. The first-order chi connectivity index (χ1) is 34.0. The van der Waals surface area contributed by atoms with Crippen LogP contribution in [0.5, 0.6) is 0 Å². The number of rotatable bonds is 52. The average Bonchev–Trinajstić information content (AvgIpc) is 3.35. The Bertz CT molecular complexity index is 1330. The lowest BCUT2D eigenvalue weighted by atomic mass is 10.0. The maximum atomic E-state index is 12.8. The molecule has 0 aliphatic rings. The number of hydrogen-bond acceptors (Lipinski definition) is 6. The summed E-state index contributed by atoms with van der Waals surface area (Å²) in [6.07, 6.45) is 74.4. The normalized spacial score (nSPS) is 12.7. The van der Waals surface area contributed by atoms with Crippen molar-refractivity contribution in [3.8, 4) is 0 Å². The number of esters is 3. The molecule has 0 aromatic carbocycles. The van der Waals surface area contributed by atoms with Gasteiger partial charge < -0.3 is 14.2 Å². The van der Waals surface area contributed by atoms with E-state index in [1.807, 2.05) is 0 Å². The van der Waals surface area contributed by atoms with E-state index in [0.29, 0.717) is 19.3 Å². The van der Waals surface area contributed by atoms with Crippen LogP contribution < -0.4 is 0 Å². The molecule has 6 heteroatoms. The first-order valence-corrected chi connectivity index (χ1v) is 29.1. The lowest BCUT2D eigenvalue weighted by Gasteiger charge is -2.18. The molecule has 0 aromatic rings. The number of carbonyl (C=O) groups excluding carboxylic acids is 3. The second kappa shape index (κ2) is 57.2. The van der Waals surface area contributed by atoms with Crippen molar-refractivity contribution in [2.24, 2.45) is 0 Å². The third-order valence-electron chi connectivity index (χ3n) is 12.4. The van der Waals surface area contributed by atoms with Crippen LogP contribution in [0.1, 0.15) is 278 Å². The number of allylic oxidation sites excluding steroid dienone is 14. The van der Waals surface area contributed by atoms with E-state index >= 15 is 0 Å². The zero-order valence-electron chi connectivity index (χ0n) is 45.3. The maximum Gasteiger partial charge on any atom is 0.306 e. The van der Waals surface area contributed by atoms with Crippen molar-refractivity contribution < 1.29 is 28.6 Å². The van der Waals surface area contributed by atoms with Gasteiger partial charge in [0.1, 0.15) is 13.2 Å². The second-order valence-electron chi connectivity index (χ2n) is 19.2. The standard InChI is InChI=1S/C63H108O6/c1-4-7-10-13-16-19-22-24-25-26-27-28-29-30-31-32-33-34-35-36-37-39-41-44-47-50-53-56-62(65)68-59-60(58-67-61(64)55-52-49-46-43-40-21-18-15-12-9-6-3)69-63(66)57-54-51-48-45-42-38-23-20-17-14-11-8-5-2/h7,10,15-16,18-20,23-25,27-28,30-31,60H,4-6,8-9,11-14,17,21-22,26,29,32-59H2,1-3H3/b10-7-,18-15-,19-16-,23-20-,25-24-,28-27-,31-30-. The van der Waals surface area contributed by atoms with Gasteiger partial charge in [-0.15, -0.1) is 0 Å². The van der Waals surface area contributed by atoms with Gasteiger partial charge >= 0.3 is 17.9 Å². The fourth-order valence-corrected chi connectivity index (χ4v) is 7.97. The van der Waals surface area contributed by atoms with Crippen LogP contribution in [0.3, 0.4) is 0 Å². The topological polar surface area (TPSA) is 78.9 Å².